The first-order valence-corrected chi connectivity index (χ1v) is 8.06. The third-order valence-electron chi connectivity index (χ3n) is 4.80. The number of hydrogen-bond donors (Lipinski definition) is 1. The molecule has 4 rings (SSSR count). The van der Waals surface area contributed by atoms with Crippen LogP contribution < -0.4 is 5.32 Å². The van der Waals surface area contributed by atoms with Crippen LogP contribution in [0, 0.1) is 0 Å². The standard InChI is InChI=1S/C14H17F3N6O/c15-14(16,17)13(6-3-7-18-13)12-19-22-23(20-12)8-10-9-4-1-2-5-11(9)24-21-10/h18H,1-8H2. The zero-order chi connectivity index (χ0) is 16.8. The lowest BCUT2D eigenvalue weighted by atomic mass is 9.96. The summed E-state index contributed by atoms with van der Waals surface area (Å²) in [5.74, 6) is 0.533. The van der Waals surface area contributed by atoms with E-state index in [0.717, 1.165) is 41.8 Å². The Morgan fingerprint density at radius 3 is 2.79 bits per heavy atom. The predicted molar refractivity (Wildman–Crippen MR) is 75.0 cm³/mol. The van der Waals surface area contributed by atoms with Crippen LogP contribution in [0.1, 0.15) is 48.5 Å². The molecule has 7 nitrogen and oxygen atoms in total. The molecule has 2 aromatic heterocycles. The van der Waals surface area contributed by atoms with Crippen molar-refractivity contribution in [2.45, 2.75) is 56.8 Å². The molecule has 0 aromatic carbocycles. The second-order valence-electron chi connectivity index (χ2n) is 6.31. The first-order chi connectivity index (χ1) is 11.5. The van der Waals surface area contributed by atoms with E-state index in [4.69, 9.17) is 4.52 Å². The van der Waals surface area contributed by atoms with Crippen molar-refractivity contribution in [2.75, 3.05) is 6.54 Å². The summed E-state index contributed by atoms with van der Waals surface area (Å²) in [7, 11) is 0. The van der Waals surface area contributed by atoms with Crippen LogP contribution in [-0.4, -0.2) is 38.1 Å². The highest BCUT2D eigenvalue weighted by Crippen LogP contribution is 2.43. The summed E-state index contributed by atoms with van der Waals surface area (Å²) in [6, 6.07) is 0. The summed E-state index contributed by atoms with van der Waals surface area (Å²) < 4.78 is 45.8. The lowest BCUT2D eigenvalue weighted by Crippen LogP contribution is -2.50. The van der Waals surface area contributed by atoms with Gasteiger partial charge >= 0.3 is 6.18 Å². The SMILES string of the molecule is FC(F)(F)C1(c2nnn(Cc3noc4c3CCCC4)n2)CCCN1. The fourth-order valence-corrected chi connectivity index (χ4v) is 3.49. The summed E-state index contributed by atoms with van der Waals surface area (Å²) in [5, 5.41) is 18.0. The van der Waals surface area contributed by atoms with Gasteiger partial charge in [0.05, 0.1) is 0 Å². The largest absolute Gasteiger partial charge is 0.414 e. The molecule has 0 bridgehead atoms. The van der Waals surface area contributed by atoms with Crippen molar-refractivity contribution in [1.29, 1.82) is 0 Å². The van der Waals surface area contributed by atoms with Gasteiger partial charge in [0.15, 0.2) is 5.54 Å². The van der Waals surface area contributed by atoms with Gasteiger partial charge in [-0.3, -0.25) is 5.32 Å². The molecule has 0 saturated carbocycles. The number of aromatic nitrogens is 5. The minimum Gasteiger partial charge on any atom is -0.361 e. The molecule has 1 atom stereocenters. The van der Waals surface area contributed by atoms with E-state index in [-0.39, 0.29) is 25.3 Å². The van der Waals surface area contributed by atoms with Crippen LogP contribution in [0.25, 0.3) is 0 Å². The Bertz CT molecular complexity index is 731. The number of nitrogens with one attached hydrogen (secondary N) is 1. The van der Waals surface area contributed by atoms with Gasteiger partial charge < -0.3 is 4.52 Å². The fraction of sp³-hybridized carbons (Fsp3) is 0.714. The number of alkyl halides is 3. The summed E-state index contributed by atoms with van der Waals surface area (Å²) in [4.78, 5) is 1.16. The van der Waals surface area contributed by atoms with Gasteiger partial charge in [0.25, 0.3) is 0 Å². The van der Waals surface area contributed by atoms with E-state index in [1.807, 2.05) is 0 Å². The lowest BCUT2D eigenvalue weighted by molar-refractivity contribution is -0.198. The zero-order valence-electron chi connectivity index (χ0n) is 12.9. The third kappa shape index (κ3) is 2.40. The van der Waals surface area contributed by atoms with Crippen LogP contribution in [0.5, 0.6) is 0 Å². The van der Waals surface area contributed by atoms with Gasteiger partial charge in [0, 0.05) is 12.0 Å². The fourth-order valence-electron chi connectivity index (χ4n) is 3.49. The summed E-state index contributed by atoms with van der Waals surface area (Å²) in [6.45, 7) is 0.449. The Balaban J connectivity index is 1.60. The molecule has 2 aliphatic rings. The van der Waals surface area contributed by atoms with E-state index in [0.29, 0.717) is 12.1 Å². The maximum absolute atomic E-state index is 13.5. The molecule has 1 aliphatic carbocycles. The number of tetrazole rings is 1. The van der Waals surface area contributed by atoms with Crippen LogP contribution in [0.4, 0.5) is 13.2 Å². The first kappa shape index (κ1) is 15.6. The molecule has 130 valence electrons. The highest BCUT2D eigenvalue weighted by atomic mass is 19.4. The number of aryl methyl sites for hydroxylation is 1. The molecule has 1 unspecified atom stereocenters. The summed E-state index contributed by atoms with van der Waals surface area (Å²) in [6.07, 6.45) is -0.300. The highest BCUT2D eigenvalue weighted by molar-refractivity contribution is 5.25. The predicted octanol–water partition coefficient (Wildman–Crippen LogP) is 1.73. The van der Waals surface area contributed by atoms with Crippen molar-refractivity contribution in [3.8, 4) is 0 Å². The molecule has 24 heavy (non-hydrogen) atoms. The normalized spacial score (nSPS) is 24.3. The molecule has 1 fully saturated rings. The Morgan fingerprint density at radius 2 is 2.04 bits per heavy atom. The molecule has 0 radical (unpaired) electrons. The quantitative estimate of drug-likeness (QED) is 0.915. The molecular formula is C14H17F3N6O. The number of fused-ring (bicyclic) bond motifs is 1. The van der Waals surface area contributed by atoms with Crippen molar-refractivity contribution in [3.05, 3.63) is 22.8 Å². The van der Waals surface area contributed by atoms with Crippen molar-refractivity contribution < 1.29 is 17.7 Å². The van der Waals surface area contributed by atoms with E-state index in [9.17, 15) is 13.2 Å². The second kappa shape index (κ2) is 5.54. The smallest absolute Gasteiger partial charge is 0.361 e. The molecule has 3 heterocycles. The van der Waals surface area contributed by atoms with Gasteiger partial charge in [-0.25, -0.2) is 0 Å². The van der Waals surface area contributed by atoms with E-state index < -0.39 is 11.7 Å². The molecular weight excluding hydrogens is 325 g/mol. The van der Waals surface area contributed by atoms with Crippen LogP contribution in [0.3, 0.4) is 0 Å². The van der Waals surface area contributed by atoms with Crippen molar-refractivity contribution >= 4 is 0 Å². The Kier molecular flexibility index (Phi) is 3.59. The van der Waals surface area contributed by atoms with E-state index in [1.165, 1.54) is 0 Å². The summed E-state index contributed by atoms with van der Waals surface area (Å²) in [5.41, 5.74) is -0.493. The third-order valence-corrected chi connectivity index (χ3v) is 4.80. The average molecular weight is 342 g/mol. The van der Waals surface area contributed by atoms with Gasteiger partial charge in [-0.05, 0) is 43.9 Å². The van der Waals surface area contributed by atoms with Crippen LogP contribution in [-0.2, 0) is 24.9 Å². The monoisotopic (exact) mass is 342 g/mol. The highest BCUT2D eigenvalue weighted by Gasteiger charge is 2.60. The molecule has 1 aliphatic heterocycles. The van der Waals surface area contributed by atoms with Gasteiger partial charge in [0.2, 0.25) is 5.82 Å². The van der Waals surface area contributed by atoms with Crippen molar-refractivity contribution in [1.82, 2.24) is 30.7 Å². The van der Waals surface area contributed by atoms with Crippen molar-refractivity contribution in [2.24, 2.45) is 0 Å². The van der Waals surface area contributed by atoms with Gasteiger partial charge in [-0.2, -0.15) is 18.0 Å². The van der Waals surface area contributed by atoms with Gasteiger partial charge in [-0.1, -0.05) is 5.16 Å². The maximum atomic E-state index is 13.5. The maximum Gasteiger partial charge on any atom is 0.414 e. The Labute approximate surface area is 135 Å². The van der Waals surface area contributed by atoms with Gasteiger partial charge in [-0.15, -0.1) is 10.2 Å². The van der Waals surface area contributed by atoms with Gasteiger partial charge in [0.1, 0.15) is 18.0 Å². The van der Waals surface area contributed by atoms with Crippen LogP contribution >= 0.6 is 0 Å². The molecule has 0 spiro atoms. The minimum atomic E-state index is -4.47. The molecule has 2 aromatic rings. The van der Waals surface area contributed by atoms with E-state index in [2.05, 4.69) is 25.9 Å². The van der Waals surface area contributed by atoms with Crippen LogP contribution in [0.15, 0.2) is 4.52 Å². The zero-order valence-corrected chi connectivity index (χ0v) is 12.9. The Hall–Kier alpha value is -1.97. The molecule has 0 amide bonds. The van der Waals surface area contributed by atoms with E-state index in [1.54, 1.807) is 0 Å². The second-order valence-corrected chi connectivity index (χ2v) is 6.31. The molecule has 10 heteroatoms. The van der Waals surface area contributed by atoms with Crippen LogP contribution in [0.2, 0.25) is 0 Å². The van der Waals surface area contributed by atoms with Crippen molar-refractivity contribution in [3.63, 3.8) is 0 Å². The van der Waals surface area contributed by atoms with E-state index >= 15 is 0 Å². The number of hydrogen-bond acceptors (Lipinski definition) is 6. The topological polar surface area (TPSA) is 81.7 Å². The molecule has 1 N–H and O–H groups in total. The molecule has 1 saturated heterocycles. The lowest BCUT2D eigenvalue weighted by Gasteiger charge is -2.28. The minimum absolute atomic E-state index is 0.0818. The number of nitrogens with zero attached hydrogens (tertiary/aromatic N) is 5. The Morgan fingerprint density at radius 1 is 1.21 bits per heavy atom. The average Bonchev–Trinajstić information content (AvgIpc) is 3.26. The first-order valence-electron chi connectivity index (χ1n) is 8.06. The summed E-state index contributed by atoms with van der Waals surface area (Å²) >= 11 is 0. The number of rotatable bonds is 3. The number of halogens is 3.